The second kappa shape index (κ2) is 9.34. The Hall–Kier alpha value is -1.70. The average Bonchev–Trinajstić information content (AvgIpc) is 2.51. The van der Waals surface area contributed by atoms with Gasteiger partial charge in [-0.2, -0.15) is 0 Å². The minimum atomic E-state index is -0.458. The second-order valence-electron chi connectivity index (χ2n) is 4.50. The van der Waals surface area contributed by atoms with E-state index < -0.39 is 11.6 Å². The molecule has 0 aliphatic rings. The fraction of sp³-hybridized carbons (Fsp3) is 0.188. The van der Waals surface area contributed by atoms with E-state index in [9.17, 15) is 8.78 Å². The largest absolute Gasteiger partial charge is 0.352 e. The van der Waals surface area contributed by atoms with Crippen LogP contribution in [0.15, 0.2) is 53.5 Å². The Morgan fingerprint density at radius 1 is 1.00 bits per heavy atom. The SMILES string of the molecule is CN=C(NCc1ccccc1)NCc1cc(F)ccc1F.I. The van der Waals surface area contributed by atoms with Gasteiger partial charge in [-0.25, -0.2) is 8.78 Å². The lowest BCUT2D eigenvalue weighted by atomic mass is 10.2. The van der Waals surface area contributed by atoms with Crippen LogP contribution in [0.4, 0.5) is 8.78 Å². The summed E-state index contributed by atoms with van der Waals surface area (Å²) < 4.78 is 26.6. The highest BCUT2D eigenvalue weighted by atomic mass is 127. The van der Waals surface area contributed by atoms with Crippen molar-refractivity contribution in [3.05, 3.63) is 71.3 Å². The maximum absolute atomic E-state index is 13.5. The summed E-state index contributed by atoms with van der Waals surface area (Å²) in [4.78, 5) is 4.05. The summed E-state index contributed by atoms with van der Waals surface area (Å²) in [6.45, 7) is 0.768. The Morgan fingerprint density at radius 2 is 1.68 bits per heavy atom. The average molecular weight is 417 g/mol. The van der Waals surface area contributed by atoms with E-state index in [2.05, 4.69) is 15.6 Å². The number of hydrogen-bond donors (Lipinski definition) is 2. The highest BCUT2D eigenvalue weighted by Gasteiger charge is 2.05. The maximum Gasteiger partial charge on any atom is 0.191 e. The van der Waals surface area contributed by atoms with Gasteiger partial charge in [0.05, 0.1) is 0 Å². The molecular weight excluding hydrogens is 399 g/mol. The highest BCUT2D eigenvalue weighted by molar-refractivity contribution is 14.0. The number of hydrogen-bond acceptors (Lipinski definition) is 1. The molecule has 0 heterocycles. The lowest BCUT2D eigenvalue weighted by Crippen LogP contribution is -2.36. The summed E-state index contributed by atoms with van der Waals surface area (Å²) in [7, 11) is 1.63. The highest BCUT2D eigenvalue weighted by Crippen LogP contribution is 2.09. The van der Waals surface area contributed by atoms with E-state index in [0.717, 1.165) is 17.7 Å². The number of benzene rings is 2. The third-order valence-electron chi connectivity index (χ3n) is 2.98. The number of nitrogens with zero attached hydrogens (tertiary/aromatic N) is 1. The molecule has 0 saturated heterocycles. The Kier molecular flexibility index (Phi) is 7.79. The molecule has 2 aromatic rings. The Balaban J connectivity index is 0.00000242. The van der Waals surface area contributed by atoms with Gasteiger partial charge < -0.3 is 10.6 Å². The van der Waals surface area contributed by atoms with Crippen LogP contribution >= 0.6 is 24.0 Å². The third-order valence-corrected chi connectivity index (χ3v) is 2.98. The van der Waals surface area contributed by atoms with Crippen LogP contribution in [0.2, 0.25) is 0 Å². The van der Waals surface area contributed by atoms with E-state index >= 15 is 0 Å². The van der Waals surface area contributed by atoms with Crippen LogP contribution < -0.4 is 10.6 Å². The number of rotatable bonds is 4. The summed E-state index contributed by atoms with van der Waals surface area (Å²) in [5.74, 6) is -0.370. The number of guanidine groups is 1. The van der Waals surface area contributed by atoms with Gasteiger partial charge in [0.2, 0.25) is 0 Å². The van der Waals surface area contributed by atoms with Crippen molar-refractivity contribution in [3.63, 3.8) is 0 Å². The summed E-state index contributed by atoms with van der Waals surface area (Å²) in [6.07, 6.45) is 0. The van der Waals surface area contributed by atoms with E-state index in [1.807, 2.05) is 30.3 Å². The van der Waals surface area contributed by atoms with E-state index in [4.69, 9.17) is 0 Å². The fourth-order valence-electron chi connectivity index (χ4n) is 1.86. The molecule has 0 unspecified atom stereocenters. The van der Waals surface area contributed by atoms with Gasteiger partial charge in [0, 0.05) is 25.7 Å². The first-order chi connectivity index (χ1) is 10.2. The normalized spacial score (nSPS) is 10.8. The zero-order valence-electron chi connectivity index (χ0n) is 12.1. The number of nitrogens with one attached hydrogen (secondary N) is 2. The van der Waals surface area contributed by atoms with Crippen molar-refractivity contribution < 1.29 is 8.78 Å². The van der Waals surface area contributed by atoms with E-state index in [0.29, 0.717) is 12.5 Å². The van der Waals surface area contributed by atoms with Gasteiger partial charge in [0.15, 0.2) is 5.96 Å². The Morgan fingerprint density at radius 3 is 2.36 bits per heavy atom. The molecule has 3 nitrogen and oxygen atoms in total. The van der Waals surface area contributed by atoms with Crippen molar-refractivity contribution in [2.24, 2.45) is 4.99 Å². The Bertz CT molecular complexity index is 618. The predicted octanol–water partition coefficient (Wildman–Crippen LogP) is 3.45. The molecule has 6 heteroatoms. The van der Waals surface area contributed by atoms with Crippen LogP contribution in [-0.4, -0.2) is 13.0 Å². The molecule has 0 aromatic heterocycles. The van der Waals surface area contributed by atoms with Crippen molar-refractivity contribution in [2.75, 3.05) is 7.05 Å². The molecule has 2 aromatic carbocycles. The zero-order valence-corrected chi connectivity index (χ0v) is 14.5. The van der Waals surface area contributed by atoms with Crippen molar-refractivity contribution in [1.82, 2.24) is 10.6 Å². The van der Waals surface area contributed by atoms with Gasteiger partial charge in [0.1, 0.15) is 11.6 Å². The van der Waals surface area contributed by atoms with Crippen LogP contribution in [-0.2, 0) is 13.1 Å². The first-order valence-corrected chi connectivity index (χ1v) is 6.61. The van der Waals surface area contributed by atoms with Crippen molar-refractivity contribution in [2.45, 2.75) is 13.1 Å². The number of halogens is 3. The smallest absolute Gasteiger partial charge is 0.191 e. The molecular formula is C16H18F2IN3. The van der Waals surface area contributed by atoms with E-state index in [-0.39, 0.29) is 36.1 Å². The van der Waals surface area contributed by atoms with Crippen LogP contribution in [0.3, 0.4) is 0 Å². The van der Waals surface area contributed by atoms with Crippen LogP contribution in [0.1, 0.15) is 11.1 Å². The minimum absolute atomic E-state index is 0. The lowest BCUT2D eigenvalue weighted by Gasteiger charge is -2.12. The third kappa shape index (κ3) is 5.59. The second-order valence-corrected chi connectivity index (χ2v) is 4.50. The molecule has 118 valence electrons. The summed E-state index contributed by atoms with van der Waals surface area (Å²) in [5.41, 5.74) is 1.37. The molecule has 0 fully saturated rings. The molecule has 0 aliphatic heterocycles. The number of aliphatic imine (C=N–C) groups is 1. The maximum atomic E-state index is 13.5. The first-order valence-electron chi connectivity index (χ1n) is 6.61. The topological polar surface area (TPSA) is 36.4 Å². The molecule has 0 amide bonds. The molecule has 0 aliphatic carbocycles. The summed E-state index contributed by atoms with van der Waals surface area (Å²) in [6, 6.07) is 13.2. The van der Waals surface area contributed by atoms with Crippen LogP contribution in [0, 0.1) is 11.6 Å². The molecule has 0 saturated carbocycles. The molecule has 0 atom stereocenters. The van der Waals surface area contributed by atoms with Crippen LogP contribution in [0.25, 0.3) is 0 Å². The van der Waals surface area contributed by atoms with Gasteiger partial charge in [-0.15, -0.1) is 24.0 Å². The standard InChI is InChI=1S/C16H17F2N3.HI/c1-19-16(20-10-12-5-3-2-4-6-12)21-11-13-9-14(17)7-8-15(13)18;/h2-9H,10-11H2,1H3,(H2,19,20,21);1H. The van der Waals surface area contributed by atoms with E-state index in [1.165, 1.54) is 6.07 Å². The van der Waals surface area contributed by atoms with Gasteiger partial charge in [-0.1, -0.05) is 30.3 Å². The monoisotopic (exact) mass is 417 g/mol. The molecule has 0 bridgehead atoms. The molecule has 2 rings (SSSR count). The lowest BCUT2D eigenvalue weighted by molar-refractivity contribution is 0.581. The Labute approximate surface area is 145 Å². The quantitative estimate of drug-likeness (QED) is 0.455. The molecule has 0 spiro atoms. The summed E-state index contributed by atoms with van der Waals surface area (Å²) in [5, 5.41) is 6.07. The molecule has 0 radical (unpaired) electrons. The van der Waals surface area contributed by atoms with Crippen LogP contribution in [0.5, 0.6) is 0 Å². The minimum Gasteiger partial charge on any atom is -0.352 e. The van der Waals surface area contributed by atoms with E-state index in [1.54, 1.807) is 7.05 Å². The zero-order chi connectivity index (χ0) is 15.1. The predicted molar refractivity (Wildman–Crippen MR) is 95.3 cm³/mol. The van der Waals surface area contributed by atoms with Crippen molar-refractivity contribution >= 4 is 29.9 Å². The molecule has 2 N–H and O–H groups in total. The van der Waals surface area contributed by atoms with Crippen molar-refractivity contribution in [1.29, 1.82) is 0 Å². The first kappa shape index (κ1) is 18.3. The van der Waals surface area contributed by atoms with Gasteiger partial charge in [-0.05, 0) is 23.8 Å². The van der Waals surface area contributed by atoms with Gasteiger partial charge in [0.25, 0.3) is 0 Å². The van der Waals surface area contributed by atoms with Gasteiger partial charge >= 0.3 is 0 Å². The molecule has 22 heavy (non-hydrogen) atoms. The fourth-order valence-corrected chi connectivity index (χ4v) is 1.86. The van der Waals surface area contributed by atoms with Gasteiger partial charge in [-0.3, -0.25) is 4.99 Å². The van der Waals surface area contributed by atoms with Crippen molar-refractivity contribution in [3.8, 4) is 0 Å². The summed E-state index contributed by atoms with van der Waals surface area (Å²) >= 11 is 0.